The Morgan fingerprint density at radius 1 is 1.11 bits per heavy atom. The Balaban J connectivity index is 1.47. The molecule has 2 heterocycles. The maximum absolute atomic E-state index is 14.5. The summed E-state index contributed by atoms with van der Waals surface area (Å²) >= 11 is 0. The summed E-state index contributed by atoms with van der Waals surface area (Å²) in [6.07, 6.45) is 4.30. The second-order valence-corrected chi connectivity index (χ2v) is 12.3. The summed E-state index contributed by atoms with van der Waals surface area (Å²) in [6.45, 7) is 1.64. The van der Waals surface area contributed by atoms with Crippen LogP contribution in [0.15, 0.2) is 48.5 Å². The zero-order valence-corrected chi connectivity index (χ0v) is 21.4. The van der Waals surface area contributed by atoms with Gasteiger partial charge in [0.1, 0.15) is 17.7 Å². The van der Waals surface area contributed by atoms with Crippen molar-refractivity contribution in [1.82, 2.24) is 9.78 Å². The molecule has 0 radical (unpaired) electrons. The number of hydrogen-bond donors (Lipinski definition) is 2. The molecule has 1 aliphatic carbocycles. The van der Waals surface area contributed by atoms with Gasteiger partial charge in [-0.15, -0.1) is 5.10 Å². The van der Waals surface area contributed by atoms with E-state index in [-0.39, 0.29) is 23.1 Å². The van der Waals surface area contributed by atoms with Gasteiger partial charge in [-0.1, -0.05) is 18.6 Å². The number of hydrogen-bond acceptors (Lipinski definition) is 7. The topological polar surface area (TPSA) is 117 Å². The highest BCUT2D eigenvalue weighted by Gasteiger charge is 2.23. The smallest absolute Gasteiger partial charge is 0.153 e. The molecule has 0 bridgehead atoms. The number of nitriles is 1. The van der Waals surface area contributed by atoms with E-state index < -0.39 is 15.7 Å². The second-order valence-electron chi connectivity index (χ2n) is 9.97. The molecular formula is C27H31FN6O2S. The van der Waals surface area contributed by atoms with Gasteiger partial charge < -0.3 is 16.0 Å². The summed E-state index contributed by atoms with van der Waals surface area (Å²) in [5, 5.41) is 17.4. The van der Waals surface area contributed by atoms with E-state index in [4.69, 9.17) is 16.1 Å². The second kappa shape index (κ2) is 10.5. The number of aromatic nitrogens is 2. The van der Waals surface area contributed by atoms with Gasteiger partial charge in [-0.25, -0.2) is 17.5 Å². The van der Waals surface area contributed by atoms with E-state index in [9.17, 15) is 12.8 Å². The first-order valence-corrected chi connectivity index (χ1v) is 14.5. The van der Waals surface area contributed by atoms with E-state index in [1.807, 2.05) is 36.4 Å². The molecule has 8 nitrogen and oxygen atoms in total. The third-order valence-corrected chi connectivity index (χ3v) is 8.88. The van der Waals surface area contributed by atoms with E-state index in [1.54, 1.807) is 10.7 Å². The number of benzene rings is 2. The van der Waals surface area contributed by atoms with Crippen LogP contribution < -0.4 is 16.0 Å². The van der Waals surface area contributed by atoms with Gasteiger partial charge in [0.15, 0.2) is 9.84 Å². The molecule has 10 heteroatoms. The van der Waals surface area contributed by atoms with Crippen molar-refractivity contribution in [2.24, 2.45) is 11.7 Å². The predicted molar refractivity (Wildman–Crippen MR) is 143 cm³/mol. The normalized spacial score (nSPS) is 21.4. The number of nitrogens with one attached hydrogen (secondary N) is 1. The summed E-state index contributed by atoms with van der Waals surface area (Å²) in [5.41, 5.74) is 9.12. The average Bonchev–Trinajstić information content (AvgIpc) is 3.32. The molecule has 2 fully saturated rings. The minimum Gasteiger partial charge on any atom is -0.369 e. The molecule has 2 aliphatic rings. The van der Waals surface area contributed by atoms with Gasteiger partial charge in [-0.3, -0.25) is 0 Å². The van der Waals surface area contributed by atoms with Crippen LogP contribution in [0.25, 0.3) is 16.9 Å². The molecule has 2 atom stereocenters. The molecule has 3 N–H and O–H groups in total. The largest absolute Gasteiger partial charge is 0.369 e. The summed E-state index contributed by atoms with van der Waals surface area (Å²) in [6, 6.07) is 16.3. The lowest BCUT2D eigenvalue weighted by atomic mass is 9.86. The summed E-state index contributed by atoms with van der Waals surface area (Å²) in [5.74, 6) is 0.833. The van der Waals surface area contributed by atoms with E-state index in [0.29, 0.717) is 36.1 Å². The Hall–Kier alpha value is -3.42. The van der Waals surface area contributed by atoms with Crippen molar-refractivity contribution < 1.29 is 12.8 Å². The van der Waals surface area contributed by atoms with Crippen LogP contribution in [0.1, 0.15) is 31.2 Å². The van der Waals surface area contributed by atoms with Crippen molar-refractivity contribution in [2.45, 2.75) is 31.7 Å². The quantitative estimate of drug-likeness (QED) is 0.507. The highest BCUT2D eigenvalue weighted by Crippen LogP contribution is 2.30. The summed E-state index contributed by atoms with van der Waals surface area (Å²) in [7, 11) is -2.99. The standard InChI is InChI=1S/C27H31FN6O2S/c28-25-14-20(7-8-21(25)17-29)26-16-27(31-18-19-3-1-4-22(30)13-19)32-34(26)24-6-2-5-23(15-24)33-9-11-37(35,36)12-10-33/h2,5-8,14-16,19,22H,1,3-4,9-13,18,30H2,(H,31,32)/t19-,22-/m0/s1. The Kier molecular flexibility index (Phi) is 7.17. The lowest BCUT2D eigenvalue weighted by Gasteiger charge is -2.29. The molecule has 194 valence electrons. The van der Waals surface area contributed by atoms with Gasteiger partial charge in [-0.2, -0.15) is 5.26 Å². The monoisotopic (exact) mass is 522 g/mol. The number of nitrogens with zero attached hydrogens (tertiary/aromatic N) is 4. The van der Waals surface area contributed by atoms with Gasteiger partial charge >= 0.3 is 0 Å². The maximum atomic E-state index is 14.5. The van der Waals surface area contributed by atoms with E-state index in [2.05, 4.69) is 10.2 Å². The van der Waals surface area contributed by atoms with Crippen molar-refractivity contribution in [1.29, 1.82) is 5.26 Å². The maximum Gasteiger partial charge on any atom is 0.153 e. The minimum absolute atomic E-state index is 0.0103. The Morgan fingerprint density at radius 3 is 2.62 bits per heavy atom. The average molecular weight is 523 g/mol. The van der Waals surface area contributed by atoms with Crippen LogP contribution in [0.5, 0.6) is 0 Å². The SMILES string of the molecule is N#Cc1ccc(-c2cc(NC[C@H]3CCC[C@H](N)C3)nn2-c2cccc(N3CCS(=O)(=O)CC3)c2)cc1F. The molecule has 1 saturated carbocycles. The number of nitrogens with two attached hydrogens (primary N) is 1. The molecular weight excluding hydrogens is 491 g/mol. The highest BCUT2D eigenvalue weighted by atomic mass is 32.2. The summed E-state index contributed by atoms with van der Waals surface area (Å²) in [4.78, 5) is 2.06. The fourth-order valence-corrected chi connectivity index (χ4v) is 6.40. The Morgan fingerprint density at radius 2 is 1.89 bits per heavy atom. The lowest BCUT2D eigenvalue weighted by Crippen LogP contribution is -2.40. The van der Waals surface area contributed by atoms with Crippen molar-refractivity contribution in [3.8, 4) is 23.0 Å². The van der Waals surface area contributed by atoms with Crippen LogP contribution in [0, 0.1) is 23.1 Å². The van der Waals surface area contributed by atoms with Gasteiger partial charge in [0, 0.05) is 43.0 Å². The van der Waals surface area contributed by atoms with Gasteiger partial charge in [-0.05, 0) is 55.5 Å². The van der Waals surface area contributed by atoms with E-state index in [1.165, 1.54) is 12.1 Å². The lowest BCUT2D eigenvalue weighted by molar-refractivity contribution is 0.335. The van der Waals surface area contributed by atoms with E-state index in [0.717, 1.165) is 43.6 Å². The Bertz CT molecular complexity index is 1420. The molecule has 2 aromatic carbocycles. The fourth-order valence-electron chi connectivity index (χ4n) is 5.19. The van der Waals surface area contributed by atoms with Crippen LogP contribution in [0.4, 0.5) is 15.9 Å². The molecule has 1 aromatic heterocycles. The van der Waals surface area contributed by atoms with Crippen molar-refractivity contribution >= 4 is 21.3 Å². The van der Waals surface area contributed by atoms with Crippen LogP contribution in [0.3, 0.4) is 0 Å². The number of halogens is 1. The molecule has 1 saturated heterocycles. The van der Waals surface area contributed by atoms with Crippen molar-refractivity contribution in [3.05, 3.63) is 59.9 Å². The third kappa shape index (κ3) is 5.78. The molecule has 37 heavy (non-hydrogen) atoms. The fraction of sp³-hybridized carbons (Fsp3) is 0.407. The van der Waals surface area contributed by atoms with Crippen LogP contribution in [-0.4, -0.2) is 55.4 Å². The van der Waals surface area contributed by atoms with Crippen LogP contribution in [-0.2, 0) is 9.84 Å². The summed E-state index contributed by atoms with van der Waals surface area (Å²) < 4.78 is 40.1. The first-order chi connectivity index (χ1) is 17.8. The number of rotatable bonds is 6. The number of sulfone groups is 1. The first-order valence-electron chi connectivity index (χ1n) is 12.7. The molecule has 3 aromatic rings. The highest BCUT2D eigenvalue weighted by molar-refractivity contribution is 7.91. The van der Waals surface area contributed by atoms with Crippen molar-refractivity contribution in [2.75, 3.05) is 41.4 Å². The van der Waals surface area contributed by atoms with Gasteiger partial charge in [0.2, 0.25) is 0 Å². The van der Waals surface area contributed by atoms with Gasteiger partial charge in [0.25, 0.3) is 0 Å². The number of anilines is 2. The molecule has 1 aliphatic heterocycles. The minimum atomic E-state index is -2.99. The van der Waals surface area contributed by atoms with Crippen molar-refractivity contribution in [3.63, 3.8) is 0 Å². The van der Waals surface area contributed by atoms with E-state index >= 15 is 0 Å². The molecule has 0 amide bonds. The zero-order chi connectivity index (χ0) is 26.0. The zero-order valence-electron chi connectivity index (χ0n) is 20.6. The predicted octanol–water partition coefficient (Wildman–Crippen LogP) is 3.71. The Labute approximate surface area is 216 Å². The van der Waals surface area contributed by atoms with Gasteiger partial charge in [0.05, 0.1) is 28.5 Å². The molecule has 0 spiro atoms. The van der Waals surface area contributed by atoms with Crippen LogP contribution in [0.2, 0.25) is 0 Å². The molecule has 0 unspecified atom stereocenters. The molecule has 5 rings (SSSR count). The van der Waals surface area contributed by atoms with Crippen LogP contribution >= 0.6 is 0 Å². The third-order valence-electron chi connectivity index (χ3n) is 7.27. The first kappa shape index (κ1) is 25.2.